The highest BCUT2D eigenvalue weighted by atomic mass is 32.2. The smallest absolute Gasteiger partial charge is 0.357 e. The molecule has 0 fully saturated rings. The fourth-order valence-electron chi connectivity index (χ4n) is 3.49. The summed E-state index contributed by atoms with van der Waals surface area (Å²) in [7, 11) is 0. The van der Waals surface area contributed by atoms with E-state index in [1.54, 1.807) is 12.1 Å². The summed E-state index contributed by atoms with van der Waals surface area (Å²) in [5, 5.41) is 0. The summed E-state index contributed by atoms with van der Waals surface area (Å²) in [5.41, 5.74) is 1.26. The molecule has 0 radical (unpaired) electrons. The lowest BCUT2D eigenvalue weighted by Crippen LogP contribution is -1.97. The molecule has 0 heterocycles. The van der Waals surface area contributed by atoms with Gasteiger partial charge in [-0.05, 0) is 30.5 Å². The Bertz CT molecular complexity index is 473. The van der Waals surface area contributed by atoms with Gasteiger partial charge in [0.1, 0.15) is 5.75 Å². The first-order chi connectivity index (χ1) is 13.2. The number of hydrogen-bond donors (Lipinski definition) is 1. The molecule has 0 aliphatic heterocycles. The van der Waals surface area contributed by atoms with E-state index >= 15 is 0 Å². The van der Waals surface area contributed by atoms with Gasteiger partial charge in [-0.3, -0.25) is 4.55 Å². The Hall–Kier alpha value is -0.870. The third-order valence-electron chi connectivity index (χ3n) is 5.16. The minimum Gasteiger partial charge on any atom is -0.380 e. The number of unbranched alkanes of at least 4 members (excludes halogenated alkanes) is 14. The average molecular weight is 397 g/mol. The largest absolute Gasteiger partial charge is 0.380 e. The molecule has 0 bridgehead atoms. The Kier molecular flexibility index (Phi) is 15.4. The fraction of sp³-hybridized carbons (Fsp3) is 0.739. The van der Waals surface area contributed by atoms with Crippen molar-refractivity contribution in [3.8, 4) is 5.75 Å². The van der Waals surface area contributed by atoms with Gasteiger partial charge in [-0.25, -0.2) is 0 Å². The van der Waals surface area contributed by atoms with E-state index in [0.29, 0.717) is 5.75 Å². The predicted molar refractivity (Wildman–Crippen MR) is 116 cm³/mol. The molecule has 0 aromatic heterocycles. The van der Waals surface area contributed by atoms with Crippen LogP contribution in [0, 0.1) is 0 Å². The molecule has 156 valence electrons. The van der Waals surface area contributed by atoms with Gasteiger partial charge < -0.3 is 4.18 Å². The van der Waals surface area contributed by atoms with Crippen molar-refractivity contribution in [1.82, 2.24) is 0 Å². The maximum atomic E-state index is 10.6. The molecule has 27 heavy (non-hydrogen) atoms. The number of aryl methyl sites for hydroxylation is 1. The van der Waals surface area contributed by atoms with Crippen LogP contribution in [0.3, 0.4) is 0 Å². The van der Waals surface area contributed by atoms with Gasteiger partial charge in [-0.2, -0.15) is 4.21 Å². The molecular formula is C23H40O3S. The van der Waals surface area contributed by atoms with E-state index in [1.165, 1.54) is 102 Å². The standard InChI is InChI=1S/C23H40O3S/c1-2-3-4-5-6-7-8-9-10-11-12-13-14-15-16-17-22-18-20-23(21-19-22)26-27(24)25/h18-21H,2-17H2,1H3,(H,24,25). The molecule has 0 amide bonds. The zero-order valence-corrected chi connectivity index (χ0v) is 18.1. The van der Waals surface area contributed by atoms with Crippen molar-refractivity contribution in [2.45, 2.75) is 110 Å². The Morgan fingerprint density at radius 1 is 0.704 bits per heavy atom. The van der Waals surface area contributed by atoms with E-state index in [2.05, 4.69) is 6.92 Å². The molecule has 0 saturated heterocycles. The summed E-state index contributed by atoms with van der Waals surface area (Å²) >= 11 is -2.24. The van der Waals surface area contributed by atoms with E-state index in [0.717, 1.165) is 6.42 Å². The number of hydrogen-bond acceptors (Lipinski definition) is 2. The van der Waals surface area contributed by atoms with Crippen LogP contribution in [-0.2, 0) is 17.8 Å². The summed E-state index contributed by atoms with van der Waals surface area (Å²) in [6.07, 6.45) is 21.9. The van der Waals surface area contributed by atoms with Crippen LogP contribution in [0.4, 0.5) is 0 Å². The second-order valence-electron chi connectivity index (χ2n) is 7.64. The van der Waals surface area contributed by atoms with Gasteiger partial charge in [-0.1, -0.05) is 109 Å². The third-order valence-corrected chi connectivity index (χ3v) is 5.49. The highest BCUT2D eigenvalue weighted by Crippen LogP contribution is 2.16. The molecule has 3 nitrogen and oxygen atoms in total. The van der Waals surface area contributed by atoms with Crippen molar-refractivity contribution in [3.05, 3.63) is 29.8 Å². The zero-order valence-electron chi connectivity index (χ0n) is 17.3. The van der Waals surface area contributed by atoms with E-state index in [9.17, 15) is 4.21 Å². The molecule has 1 aromatic rings. The normalized spacial score (nSPS) is 12.2. The van der Waals surface area contributed by atoms with Gasteiger partial charge in [0.25, 0.3) is 0 Å². The molecule has 1 atom stereocenters. The first kappa shape index (κ1) is 24.2. The lowest BCUT2D eigenvalue weighted by molar-refractivity contribution is 0.458. The highest BCUT2D eigenvalue weighted by molar-refractivity contribution is 7.74. The molecule has 1 rings (SSSR count). The van der Waals surface area contributed by atoms with Crippen molar-refractivity contribution in [2.75, 3.05) is 0 Å². The van der Waals surface area contributed by atoms with Crippen molar-refractivity contribution >= 4 is 11.4 Å². The fourth-order valence-corrected chi connectivity index (χ4v) is 3.77. The second kappa shape index (κ2) is 17.2. The van der Waals surface area contributed by atoms with Crippen molar-refractivity contribution in [3.63, 3.8) is 0 Å². The Morgan fingerprint density at radius 3 is 1.52 bits per heavy atom. The van der Waals surface area contributed by atoms with Crippen molar-refractivity contribution in [1.29, 1.82) is 0 Å². The van der Waals surface area contributed by atoms with Crippen LogP contribution >= 0.6 is 0 Å². The Balaban J connectivity index is 1.84. The van der Waals surface area contributed by atoms with E-state index in [-0.39, 0.29) is 0 Å². The van der Waals surface area contributed by atoms with Crippen molar-refractivity contribution in [2.24, 2.45) is 0 Å². The molecule has 0 aliphatic carbocycles. The molecule has 0 saturated carbocycles. The molecule has 0 aliphatic rings. The van der Waals surface area contributed by atoms with Gasteiger partial charge in [0.05, 0.1) is 0 Å². The summed E-state index contributed by atoms with van der Waals surface area (Å²) in [4.78, 5) is 0. The van der Waals surface area contributed by atoms with Crippen LogP contribution in [0.5, 0.6) is 5.75 Å². The minimum absolute atomic E-state index is 0.441. The predicted octanol–water partition coefficient (Wildman–Crippen LogP) is 7.62. The van der Waals surface area contributed by atoms with Crippen LogP contribution in [0.15, 0.2) is 24.3 Å². The molecule has 1 N–H and O–H groups in total. The van der Waals surface area contributed by atoms with Gasteiger partial charge in [0, 0.05) is 0 Å². The number of benzene rings is 1. The van der Waals surface area contributed by atoms with Crippen molar-refractivity contribution < 1.29 is 12.9 Å². The quantitative estimate of drug-likeness (QED) is 0.205. The number of rotatable bonds is 18. The summed E-state index contributed by atoms with van der Waals surface area (Å²) in [6.45, 7) is 2.28. The van der Waals surface area contributed by atoms with Gasteiger partial charge in [0.15, 0.2) is 0 Å². The third kappa shape index (κ3) is 14.8. The van der Waals surface area contributed by atoms with Crippen LogP contribution in [0.1, 0.15) is 109 Å². The summed E-state index contributed by atoms with van der Waals surface area (Å²) in [5.74, 6) is 0.441. The van der Waals surface area contributed by atoms with Crippen LogP contribution in [-0.4, -0.2) is 8.76 Å². The monoisotopic (exact) mass is 396 g/mol. The lowest BCUT2D eigenvalue weighted by Gasteiger charge is -2.05. The molecule has 1 aromatic carbocycles. The van der Waals surface area contributed by atoms with Crippen LogP contribution in [0.2, 0.25) is 0 Å². The minimum atomic E-state index is -2.24. The molecule has 0 spiro atoms. The van der Waals surface area contributed by atoms with E-state index in [4.69, 9.17) is 8.74 Å². The van der Waals surface area contributed by atoms with E-state index in [1.807, 2.05) is 12.1 Å². The van der Waals surface area contributed by atoms with Gasteiger partial charge in [0.2, 0.25) is 0 Å². The van der Waals surface area contributed by atoms with Gasteiger partial charge >= 0.3 is 11.4 Å². The summed E-state index contributed by atoms with van der Waals surface area (Å²) in [6, 6.07) is 7.47. The maximum absolute atomic E-state index is 10.6. The summed E-state index contributed by atoms with van der Waals surface area (Å²) < 4.78 is 24.0. The molecule has 4 heteroatoms. The maximum Gasteiger partial charge on any atom is 0.357 e. The highest BCUT2D eigenvalue weighted by Gasteiger charge is 1.99. The molecule has 1 unspecified atom stereocenters. The zero-order chi connectivity index (χ0) is 19.6. The van der Waals surface area contributed by atoms with Crippen LogP contribution in [0.25, 0.3) is 0 Å². The lowest BCUT2D eigenvalue weighted by atomic mass is 10.0. The second-order valence-corrected chi connectivity index (χ2v) is 8.25. The van der Waals surface area contributed by atoms with E-state index < -0.39 is 11.4 Å². The van der Waals surface area contributed by atoms with Crippen LogP contribution < -0.4 is 4.18 Å². The topological polar surface area (TPSA) is 46.5 Å². The van der Waals surface area contributed by atoms with Gasteiger partial charge in [-0.15, -0.1) is 0 Å². The first-order valence-corrected chi connectivity index (χ1v) is 12.1. The first-order valence-electron chi connectivity index (χ1n) is 11.1. The molecular weight excluding hydrogens is 356 g/mol. The Labute approximate surface area is 169 Å². The average Bonchev–Trinajstić information content (AvgIpc) is 2.66. The SMILES string of the molecule is CCCCCCCCCCCCCCCCCc1ccc(OS(=O)O)cc1. The Morgan fingerprint density at radius 2 is 1.11 bits per heavy atom.